The third kappa shape index (κ3) is 2.63. The Morgan fingerprint density at radius 3 is 2.60 bits per heavy atom. The van der Waals surface area contributed by atoms with Crippen molar-refractivity contribution < 1.29 is 9.18 Å². The molecule has 0 N–H and O–H groups in total. The summed E-state index contributed by atoms with van der Waals surface area (Å²) in [4.78, 5) is 11.6. The highest BCUT2D eigenvalue weighted by Gasteiger charge is 2.22. The van der Waals surface area contributed by atoms with Crippen LogP contribution in [0.25, 0.3) is 0 Å². The quantitative estimate of drug-likeness (QED) is 0.761. The lowest BCUT2D eigenvalue weighted by molar-refractivity contribution is -0.122. The van der Waals surface area contributed by atoms with Crippen molar-refractivity contribution in [3.8, 4) is 6.07 Å². The molecule has 0 bridgehead atoms. The molecule has 1 aromatic carbocycles. The standard InChI is InChI=1S/C12H12FNO/c1-8(2)12(15)11(7-14)9-4-3-5-10(13)6-9/h3-6,8,11H,1-2H3. The zero-order valence-corrected chi connectivity index (χ0v) is 8.70. The van der Waals surface area contributed by atoms with Crippen LogP contribution < -0.4 is 0 Å². The van der Waals surface area contributed by atoms with E-state index < -0.39 is 11.7 Å². The number of Topliss-reactive ketones (excluding diaryl/α,β-unsaturated/α-hetero) is 1. The van der Waals surface area contributed by atoms with Gasteiger partial charge in [0.15, 0.2) is 5.78 Å². The third-order valence-corrected chi connectivity index (χ3v) is 2.16. The van der Waals surface area contributed by atoms with Crippen molar-refractivity contribution in [2.75, 3.05) is 0 Å². The molecule has 0 aliphatic carbocycles. The van der Waals surface area contributed by atoms with Crippen LogP contribution in [0.15, 0.2) is 24.3 Å². The topological polar surface area (TPSA) is 40.9 Å². The van der Waals surface area contributed by atoms with Crippen LogP contribution in [0.2, 0.25) is 0 Å². The zero-order valence-electron chi connectivity index (χ0n) is 8.70. The van der Waals surface area contributed by atoms with E-state index in [1.165, 1.54) is 18.2 Å². The van der Waals surface area contributed by atoms with Gasteiger partial charge in [-0.1, -0.05) is 26.0 Å². The summed E-state index contributed by atoms with van der Waals surface area (Å²) in [5.74, 6) is -1.69. The Bertz CT molecular complexity index is 406. The van der Waals surface area contributed by atoms with E-state index in [0.717, 1.165) is 0 Å². The minimum Gasteiger partial charge on any atom is -0.298 e. The molecule has 0 amide bonds. The van der Waals surface area contributed by atoms with Crippen molar-refractivity contribution in [3.63, 3.8) is 0 Å². The number of carbonyl (C=O) groups is 1. The largest absolute Gasteiger partial charge is 0.298 e. The Hall–Kier alpha value is -1.69. The molecule has 1 atom stereocenters. The molecule has 0 saturated heterocycles. The summed E-state index contributed by atoms with van der Waals surface area (Å²) in [7, 11) is 0. The number of nitriles is 1. The second-order valence-electron chi connectivity index (χ2n) is 3.67. The van der Waals surface area contributed by atoms with E-state index >= 15 is 0 Å². The monoisotopic (exact) mass is 205 g/mol. The van der Waals surface area contributed by atoms with Crippen LogP contribution in [-0.4, -0.2) is 5.78 Å². The first-order valence-corrected chi connectivity index (χ1v) is 4.75. The fraction of sp³-hybridized carbons (Fsp3) is 0.333. The highest BCUT2D eigenvalue weighted by Crippen LogP contribution is 2.20. The number of hydrogen-bond acceptors (Lipinski definition) is 2. The van der Waals surface area contributed by atoms with Crippen molar-refractivity contribution in [1.82, 2.24) is 0 Å². The summed E-state index contributed by atoms with van der Waals surface area (Å²) in [6, 6.07) is 7.53. The van der Waals surface area contributed by atoms with Crippen molar-refractivity contribution in [2.45, 2.75) is 19.8 Å². The van der Waals surface area contributed by atoms with E-state index in [1.807, 2.05) is 6.07 Å². The van der Waals surface area contributed by atoms with E-state index in [9.17, 15) is 9.18 Å². The summed E-state index contributed by atoms with van der Waals surface area (Å²) in [6.45, 7) is 3.46. The Balaban J connectivity index is 3.04. The lowest BCUT2D eigenvalue weighted by Crippen LogP contribution is -2.16. The predicted octanol–water partition coefficient (Wildman–Crippen LogP) is 2.66. The fourth-order valence-corrected chi connectivity index (χ4v) is 1.32. The molecule has 1 unspecified atom stereocenters. The molecule has 78 valence electrons. The first kappa shape index (κ1) is 11.4. The van der Waals surface area contributed by atoms with Crippen molar-refractivity contribution in [3.05, 3.63) is 35.6 Å². The van der Waals surface area contributed by atoms with Gasteiger partial charge in [-0.2, -0.15) is 5.26 Å². The molecular formula is C12H12FNO. The molecule has 2 nitrogen and oxygen atoms in total. The molecule has 0 aromatic heterocycles. The minimum atomic E-state index is -0.860. The summed E-state index contributed by atoms with van der Waals surface area (Å²) in [5.41, 5.74) is 0.427. The van der Waals surface area contributed by atoms with Crippen LogP contribution in [0.1, 0.15) is 25.3 Å². The van der Waals surface area contributed by atoms with Crippen LogP contribution >= 0.6 is 0 Å². The van der Waals surface area contributed by atoms with Crippen LogP contribution in [-0.2, 0) is 4.79 Å². The van der Waals surface area contributed by atoms with Crippen molar-refractivity contribution >= 4 is 5.78 Å². The van der Waals surface area contributed by atoms with Crippen LogP contribution in [0.3, 0.4) is 0 Å². The molecule has 3 heteroatoms. The molecule has 1 aromatic rings. The van der Waals surface area contributed by atoms with Gasteiger partial charge in [0.25, 0.3) is 0 Å². The molecule has 0 aliphatic rings. The molecule has 0 fully saturated rings. The summed E-state index contributed by atoms with van der Waals surface area (Å²) in [5, 5.41) is 8.90. The second-order valence-corrected chi connectivity index (χ2v) is 3.67. The SMILES string of the molecule is CC(C)C(=O)C(C#N)c1cccc(F)c1. The summed E-state index contributed by atoms with van der Waals surface area (Å²) in [6.07, 6.45) is 0. The van der Waals surface area contributed by atoms with Crippen LogP contribution in [0.4, 0.5) is 4.39 Å². The maximum atomic E-state index is 12.9. The molecular weight excluding hydrogens is 193 g/mol. The maximum absolute atomic E-state index is 12.9. The van der Waals surface area contributed by atoms with Gasteiger partial charge in [0.05, 0.1) is 6.07 Å². The first-order valence-electron chi connectivity index (χ1n) is 4.75. The Labute approximate surface area is 88.3 Å². The average molecular weight is 205 g/mol. The minimum absolute atomic E-state index is 0.178. The van der Waals surface area contributed by atoms with E-state index in [-0.39, 0.29) is 11.7 Å². The molecule has 0 spiro atoms. The van der Waals surface area contributed by atoms with Gasteiger partial charge in [0, 0.05) is 5.92 Å². The number of halogens is 1. The van der Waals surface area contributed by atoms with Crippen molar-refractivity contribution in [1.29, 1.82) is 5.26 Å². The smallest absolute Gasteiger partial charge is 0.156 e. The van der Waals surface area contributed by atoms with Crippen LogP contribution in [0.5, 0.6) is 0 Å². The third-order valence-electron chi connectivity index (χ3n) is 2.16. The van der Waals surface area contributed by atoms with Gasteiger partial charge in [-0.3, -0.25) is 4.79 Å². The van der Waals surface area contributed by atoms with Gasteiger partial charge in [-0.05, 0) is 17.7 Å². The number of benzene rings is 1. The second kappa shape index (κ2) is 4.70. The molecule has 1 rings (SSSR count). The highest BCUT2D eigenvalue weighted by molar-refractivity contribution is 5.89. The van der Waals surface area contributed by atoms with Gasteiger partial charge in [0.1, 0.15) is 11.7 Å². The van der Waals surface area contributed by atoms with Gasteiger partial charge in [0.2, 0.25) is 0 Å². The number of nitrogens with zero attached hydrogens (tertiary/aromatic N) is 1. The van der Waals surface area contributed by atoms with Gasteiger partial charge in [-0.15, -0.1) is 0 Å². The lowest BCUT2D eigenvalue weighted by Gasteiger charge is -2.10. The summed E-state index contributed by atoms with van der Waals surface area (Å²) < 4.78 is 12.9. The molecule has 0 radical (unpaired) electrons. The van der Waals surface area contributed by atoms with E-state index in [4.69, 9.17) is 5.26 Å². The normalized spacial score (nSPS) is 12.2. The van der Waals surface area contributed by atoms with E-state index in [2.05, 4.69) is 0 Å². The molecule has 0 heterocycles. The molecule has 0 saturated carbocycles. The Morgan fingerprint density at radius 1 is 1.47 bits per heavy atom. The van der Waals surface area contributed by atoms with Gasteiger partial charge < -0.3 is 0 Å². The number of hydrogen-bond donors (Lipinski definition) is 0. The predicted molar refractivity (Wildman–Crippen MR) is 54.6 cm³/mol. The zero-order chi connectivity index (χ0) is 11.4. The highest BCUT2D eigenvalue weighted by atomic mass is 19.1. The Morgan fingerprint density at radius 2 is 2.13 bits per heavy atom. The molecule has 0 aliphatic heterocycles. The van der Waals surface area contributed by atoms with Gasteiger partial charge in [-0.25, -0.2) is 4.39 Å². The number of ketones is 1. The average Bonchev–Trinajstić information content (AvgIpc) is 2.18. The number of carbonyl (C=O) groups excluding carboxylic acids is 1. The fourth-order valence-electron chi connectivity index (χ4n) is 1.32. The first-order chi connectivity index (χ1) is 7.06. The van der Waals surface area contributed by atoms with Crippen molar-refractivity contribution in [2.24, 2.45) is 5.92 Å². The van der Waals surface area contributed by atoms with Gasteiger partial charge >= 0.3 is 0 Å². The maximum Gasteiger partial charge on any atom is 0.156 e. The lowest BCUT2D eigenvalue weighted by atomic mass is 9.90. The number of rotatable bonds is 3. The van der Waals surface area contributed by atoms with E-state index in [0.29, 0.717) is 5.56 Å². The summed E-state index contributed by atoms with van der Waals surface area (Å²) >= 11 is 0. The van der Waals surface area contributed by atoms with Crippen LogP contribution in [0, 0.1) is 23.1 Å². The molecule has 15 heavy (non-hydrogen) atoms. The van der Waals surface area contributed by atoms with E-state index in [1.54, 1.807) is 19.9 Å². The Kier molecular flexibility index (Phi) is 3.56.